The highest BCUT2D eigenvalue weighted by Gasteiger charge is 2.22. The van der Waals surface area contributed by atoms with Crippen LogP contribution < -0.4 is 15.1 Å². The van der Waals surface area contributed by atoms with E-state index in [1.807, 2.05) is 6.07 Å². The van der Waals surface area contributed by atoms with Crippen LogP contribution in [-0.4, -0.2) is 58.1 Å². The number of hydrogen-bond acceptors (Lipinski definition) is 7. The molecule has 0 atom stereocenters. The first-order valence-corrected chi connectivity index (χ1v) is 9.70. The standard InChI is InChI=1S/C19H25N7O/c27-17(23-15-5-2-1-3-6-15)16-7-10-22-19(24-16)26-13-11-25(12-14-26)18-20-8-4-9-21-18/h4,7-10,15H,1-3,5-6,11-14H2,(H,23,27). The number of piperazine rings is 1. The van der Waals surface area contributed by atoms with E-state index < -0.39 is 0 Å². The summed E-state index contributed by atoms with van der Waals surface area (Å²) in [6.07, 6.45) is 11.0. The van der Waals surface area contributed by atoms with E-state index in [9.17, 15) is 4.79 Å². The molecule has 2 aromatic heterocycles. The fourth-order valence-corrected chi connectivity index (χ4v) is 3.69. The number of nitrogens with zero attached hydrogens (tertiary/aromatic N) is 6. The lowest BCUT2D eigenvalue weighted by Gasteiger charge is -2.34. The van der Waals surface area contributed by atoms with Crippen LogP contribution in [0.4, 0.5) is 11.9 Å². The summed E-state index contributed by atoms with van der Waals surface area (Å²) in [5.41, 5.74) is 0.444. The van der Waals surface area contributed by atoms with Crippen LogP contribution in [0.15, 0.2) is 30.7 Å². The molecule has 1 saturated carbocycles. The molecule has 2 fully saturated rings. The number of rotatable bonds is 4. The molecule has 2 aromatic rings. The third kappa shape index (κ3) is 4.32. The minimum Gasteiger partial charge on any atom is -0.348 e. The molecular formula is C19H25N7O. The van der Waals surface area contributed by atoms with Crippen LogP contribution in [0.3, 0.4) is 0 Å². The quantitative estimate of drug-likeness (QED) is 0.879. The predicted molar refractivity (Wildman–Crippen MR) is 103 cm³/mol. The van der Waals surface area contributed by atoms with Crippen LogP contribution in [0.1, 0.15) is 42.6 Å². The Morgan fingerprint density at radius 2 is 1.52 bits per heavy atom. The number of aromatic nitrogens is 4. The Balaban J connectivity index is 1.37. The lowest BCUT2D eigenvalue weighted by molar-refractivity contribution is 0.0922. The average molecular weight is 367 g/mol. The summed E-state index contributed by atoms with van der Waals surface area (Å²) in [6, 6.07) is 3.78. The van der Waals surface area contributed by atoms with E-state index in [1.165, 1.54) is 19.3 Å². The predicted octanol–water partition coefficient (Wildman–Crippen LogP) is 1.66. The topological polar surface area (TPSA) is 87.1 Å². The van der Waals surface area contributed by atoms with E-state index in [2.05, 4.69) is 35.1 Å². The summed E-state index contributed by atoms with van der Waals surface area (Å²) in [7, 11) is 0. The lowest BCUT2D eigenvalue weighted by Crippen LogP contribution is -2.47. The summed E-state index contributed by atoms with van der Waals surface area (Å²) in [5.74, 6) is 1.26. The zero-order valence-corrected chi connectivity index (χ0v) is 15.4. The second-order valence-corrected chi connectivity index (χ2v) is 7.07. The number of carbonyl (C=O) groups is 1. The molecule has 27 heavy (non-hydrogen) atoms. The molecule has 0 radical (unpaired) electrons. The first kappa shape index (κ1) is 17.6. The summed E-state index contributed by atoms with van der Waals surface area (Å²) in [5, 5.41) is 3.12. The highest BCUT2D eigenvalue weighted by atomic mass is 16.1. The normalized spacial score (nSPS) is 18.4. The van der Waals surface area contributed by atoms with Gasteiger partial charge in [-0.25, -0.2) is 19.9 Å². The molecule has 0 spiro atoms. The zero-order chi connectivity index (χ0) is 18.5. The molecule has 3 heterocycles. The maximum Gasteiger partial charge on any atom is 0.270 e. The van der Waals surface area contributed by atoms with Crippen molar-refractivity contribution in [3.63, 3.8) is 0 Å². The van der Waals surface area contributed by atoms with Gasteiger partial charge in [0.1, 0.15) is 5.69 Å². The van der Waals surface area contributed by atoms with Crippen molar-refractivity contribution in [3.8, 4) is 0 Å². The van der Waals surface area contributed by atoms with Crippen molar-refractivity contribution < 1.29 is 4.79 Å². The molecular weight excluding hydrogens is 342 g/mol. The fourth-order valence-electron chi connectivity index (χ4n) is 3.69. The third-order valence-electron chi connectivity index (χ3n) is 5.21. The smallest absolute Gasteiger partial charge is 0.270 e. The van der Waals surface area contributed by atoms with Crippen LogP contribution in [-0.2, 0) is 0 Å². The minimum atomic E-state index is -0.0955. The van der Waals surface area contributed by atoms with Crippen LogP contribution in [0.25, 0.3) is 0 Å². The number of anilines is 2. The van der Waals surface area contributed by atoms with E-state index in [1.54, 1.807) is 24.7 Å². The van der Waals surface area contributed by atoms with Crippen molar-refractivity contribution >= 4 is 17.8 Å². The van der Waals surface area contributed by atoms with Gasteiger partial charge in [0.25, 0.3) is 5.91 Å². The molecule has 142 valence electrons. The van der Waals surface area contributed by atoms with Gasteiger partial charge in [-0.3, -0.25) is 4.79 Å². The molecule has 0 aromatic carbocycles. The Morgan fingerprint density at radius 1 is 0.889 bits per heavy atom. The van der Waals surface area contributed by atoms with Gasteiger partial charge in [0, 0.05) is 50.8 Å². The van der Waals surface area contributed by atoms with E-state index in [-0.39, 0.29) is 11.9 Å². The highest BCUT2D eigenvalue weighted by Crippen LogP contribution is 2.18. The maximum absolute atomic E-state index is 12.5. The number of carbonyl (C=O) groups excluding carboxylic acids is 1. The average Bonchev–Trinajstić information content (AvgIpc) is 2.75. The van der Waals surface area contributed by atoms with Crippen LogP contribution in [0.5, 0.6) is 0 Å². The monoisotopic (exact) mass is 367 g/mol. The van der Waals surface area contributed by atoms with Gasteiger partial charge in [0.15, 0.2) is 0 Å². The van der Waals surface area contributed by atoms with Gasteiger partial charge in [-0.05, 0) is 25.0 Å². The SMILES string of the molecule is O=C(NC1CCCCC1)c1ccnc(N2CCN(c3ncccn3)CC2)n1. The van der Waals surface area contributed by atoms with E-state index in [0.717, 1.165) is 45.0 Å². The number of amides is 1. The van der Waals surface area contributed by atoms with Gasteiger partial charge in [-0.1, -0.05) is 19.3 Å². The van der Waals surface area contributed by atoms with Gasteiger partial charge in [0.2, 0.25) is 11.9 Å². The van der Waals surface area contributed by atoms with Crippen molar-refractivity contribution in [1.29, 1.82) is 0 Å². The Kier molecular flexibility index (Phi) is 5.41. The van der Waals surface area contributed by atoms with Crippen molar-refractivity contribution in [2.45, 2.75) is 38.1 Å². The van der Waals surface area contributed by atoms with E-state index in [0.29, 0.717) is 11.6 Å². The largest absolute Gasteiger partial charge is 0.348 e. The molecule has 4 rings (SSSR count). The molecule has 8 nitrogen and oxygen atoms in total. The number of hydrogen-bond donors (Lipinski definition) is 1. The third-order valence-corrected chi connectivity index (χ3v) is 5.21. The van der Waals surface area contributed by atoms with Gasteiger partial charge in [-0.2, -0.15) is 0 Å². The van der Waals surface area contributed by atoms with Crippen molar-refractivity contribution in [2.24, 2.45) is 0 Å². The van der Waals surface area contributed by atoms with Crippen LogP contribution in [0.2, 0.25) is 0 Å². The molecule has 2 aliphatic rings. The molecule has 1 amide bonds. The summed E-state index contributed by atoms with van der Waals surface area (Å²) in [4.78, 5) is 34.3. The Hall–Kier alpha value is -2.77. The highest BCUT2D eigenvalue weighted by molar-refractivity contribution is 5.92. The fraction of sp³-hybridized carbons (Fsp3) is 0.526. The summed E-state index contributed by atoms with van der Waals surface area (Å²) in [6.45, 7) is 3.13. The number of nitrogens with one attached hydrogen (secondary N) is 1. The molecule has 1 aliphatic heterocycles. The first-order valence-electron chi connectivity index (χ1n) is 9.70. The zero-order valence-electron chi connectivity index (χ0n) is 15.4. The van der Waals surface area contributed by atoms with Crippen molar-refractivity contribution in [3.05, 3.63) is 36.4 Å². The Labute approximate surface area is 159 Å². The second kappa shape index (κ2) is 8.28. The Morgan fingerprint density at radius 3 is 2.22 bits per heavy atom. The molecule has 1 aliphatic carbocycles. The first-order chi connectivity index (χ1) is 13.3. The summed E-state index contributed by atoms with van der Waals surface area (Å²) < 4.78 is 0. The van der Waals surface area contributed by atoms with Gasteiger partial charge in [0.05, 0.1) is 0 Å². The Bertz CT molecular complexity index is 756. The lowest BCUT2D eigenvalue weighted by atomic mass is 9.95. The van der Waals surface area contributed by atoms with E-state index >= 15 is 0 Å². The van der Waals surface area contributed by atoms with E-state index in [4.69, 9.17) is 0 Å². The maximum atomic E-state index is 12.5. The summed E-state index contributed by atoms with van der Waals surface area (Å²) >= 11 is 0. The second-order valence-electron chi connectivity index (χ2n) is 7.07. The molecule has 1 N–H and O–H groups in total. The van der Waals surface area contributed by atoms with Crippen molar-refractivity contribution in [1.82, 2.24) is 25.3 Å². The molecule has 0 unspecified atom stereocenters. The molecule has 1 saturated heterocycles. The van der Waals surface area contributed by atoms with Crippen molar-refractivity contribution in [2.75, 3.05) is 36.0 Å². The molecule has 8 heteroatoms. The van der Waals surface area contributed by atoms with Gasteiger partial charge < -0.3 is 15.1 Å². The van der Waals surface area contributed by atoms with Crippen LogP contribution >= 0.6 is 0 Å². The van der Waals surface area contributed by atoms with Gasteiger partial charge in [-0.15, -0.1) is 0 Å². The van der Waals surface area contributed by atoms with Gasteiger partial charge >= 0.3 is 0 Å². The van der Waals surface area contributed by atoms with Crippen LogP contribution in [0, 0.1) is 0 Å². The molecule has 0 bridgehead atoms. The minimum absolute atomic E-state index is 0.0955.